The number of benzene rings is 2. The van der Waals surface area contributed by atoms with E-state index in [9.17, 15) is 29.8 Å². The molecular formula is C24H28N6O6. The zero-order valence-corrected chi connectivity index (χ0v) is 20.1. The van der Waals surface area contributed by atoms with Gasteiger partial charge in [0.15, 0.2) is 0 Å². The number of nitrogens with one attached hydrogen (secondary N) is 1. The molecule has 2 aromatic carbocycles. The highest BCUT2D eigenvalue weighted by Gasteiger charge is 2.29. The van der Waals surface area contributed by atoms with Gasteiger partial charge in [0.05, 0.1) is 22.0 Å². The molecule has 1 saturated heterocycles. The van der Waals surface area contributed by atoms with E-state index in [-0.39, 0.29) is 28.8 Å². The molecule has 1 N–H and O–H groups in total. The first-order chi connectivity index (χ1) is 17.2. The lowest BCUT2D eigenvalue weighted by Crippen LogP contribution is -2.45. The Labute approximate surface area is 207 Å². The van der Waals surface area contributed by atoms with E-state index in [4.69, 9.17) is 0 Å². The van der Waals surface area contributed by atoms with Crippen molar-refractivity contribution in [1.29, 1.82) is 0 Å². The largest absolute Gasteiger partial charge is 0.370 e. The number of hydrogen-bond acceptors (Lipinski definition) is 8. The average Bonchev–Trinajstić information content (AvgIpc) is 2.89. The van der Waals surface area contributed by atoms with Crippen molar-refractivity contribution in [2.45, 2.75) is 26.7 Å². The molecule has 2 aromatic rings. The fraction of sp³-hybridized carbons (Fsp3) is 0.375. The van der Waals surface area contributed by atoms with Gasteiger partial charge in [-0.15, -0.1) is 0 Å². The number of hydrogen-bond donors (Lipinski definition) is 1. The second-order valence-electron chi connectivity index (χ2n) is 8.30. The van der Waals surface area contributed by atoms with E-state index in [2.05, 4.69) is 10.5 Å². The summed E-state index contributed by atoms with van der Waals surface area (Å²) in [7, 11) is 0. The molecule has 0 unspecified atom stereocenters. The Balaban J connectivity index is 1.80. The summed E-state index contributed by atoms with van der Waals surface area (Å²) in [5, 5.41) is 26.1. The maximum Gasteiger partial charge on any atom is 0.271 e. The molecule has 0 bridgehead atoms. The van der Waals surface area contributed by atoms with Crippen LogP contribution in [0.25, 0.3) is 0 Å². The third-order valence-electron chi connectivity index (χ3n) is 6.12. The second-order valence-corrected chi connectivity index (χ2v) is 8.30. The molecular weight excluding hydrogens is 468 g/mol. The normalized spacial score (nSPS) is 15.5. The monoisotopic (exact) mass is 496 g/mol. The van der Waals surface area contributed by atoms with Crippen molar-refractivity contribution < 1.29 is 19.4 Å². The molecule has 0 aromatic heterocycles. The summed E-state index contributed by atoms with van der Waals surface area (Å²) >= 11 is 0. The van der Waals surface area contributed by atoms with Crippen LogP contribution < -0.4 is 10.3 Å². The Hall–Kier alpha value is -4.35. The molecule has 1 fully saturated rings. The minimum absolute atomic E-state index is 0.0946. The topological polar surface area (TPSA) is 151 Å². The van der Waals surface area contributed by atoms with E-state index in [0.717, 1.165) is 12.8 Å². The molecule has 1 heterocycles. The molecule has 0 aliphatic carbocycles. The maximum absolute atomic E-state index is 12.9. The number of nitro groups is 2. The van der Waals surface area contributed by atoms with Crippen molar-refractivity contribution in [2.24, 2.45) is 11.0 Å². The molecule has 0 saturated carbocycles. The Kier molecular flexibility index (Phi) is 8.66. The molecule has 1 aliphatic rings. The van der Waals surface area contributed by atoms with E-state index in [0.29, 0.717) is 37.4 Å². The van der Waals surface area contributed by atoms with Gasteiger partial charge in [0.1, 0.15) is 0 Å². The first kappa shape index (κ1) is 26.3. The zero-order chi connectivity index (χ0) is 26.2. The van der Waals surface area contributed by atoms with Crippen LogP contribution in [0.1, 0.15) is 42.6 Å². The number of non-ortho nitro benzene ring substituents is 2. The molecule has 1 aliphatic heterocycles. The Morgan fingerprint density at radius 3 is 2.33 bits per heavy atom. The highest BCUT2D eigenvalue weighted by molar-refractivity contribution is 5.96. The molecule has 12 nitrogen and oxygen atoms in total. The van der Waals surface area contributed by atoms with Gasteiger partial charge in [-0.25, -0.2) is 5.43 Å². The molecule has 2 amide bonds. The lowest BCUT2D eigenvalue weighted by Gasteiger charge is -2.36. The summed E-state index contributed by atoms with van der Waals surface area (Å²) in [6, 6.07) is 9.44. The van der Waals surface area contributed by atoms with Crippen LogP contribution in [0.2, 0.25) is 0 Å². The highest BCUT2D eigenvalue weighted by atomic mass is 16.6. The molecule has 12 heteroatoms. The quantitative estimate of drug-likeness (QED) is 0.317. The Bertz CT molecular complexity index is 1160. The van der Waals surface area contributed by atoms with Gasteiger partial charge in [0.2, 0.25) is 5.91 Å². The number of hydrazone groups is 1. The minimum Gasteiger partial charge on any atom is -0.370 e. The lowest BCUT2D eigenvalue weighted by molar-refractivity contribution is -0.385. The van der Waals surface area contributed by atoms with Gasteiger partial charge in [-0.3, -0.25) is 29.8 Å². The number of rotatable bonds is 9. The minimum atomic E-state index is -0.587. The third kappa shape index (κ3) is 6.20. The standard InChI is InChI=1S/C24H28N6O6/c1-3-27(4-2)24(32)18-6-5-13-28(16-18)22-12-11-21(30(35)36)14-19(22)15-25-26-23(31)17-7-9-20(10-8-17)29(33)34/h7-12,14-15,18H,3-6,13,16H2,1-2H3,(H,26,31)/t18-/m1/s1. The van der Waals surface area contributed by atoms with Crippen LogP contribution >= 0.6 is 0 Å². The van der Waals surface area contributed by atoms with Crippen LogP contribution in [0.3, 0.4) is 0 Å². The fourth-order valence-electron chi connectivity index (χ4n) is 4.20. The molecule has 36 heavy (non-hydrogen) atoms. The summed E-state index contributed by atoms with van der Waals surface area (Å²) in [5.74, 6) is -0.673. The molecule has 0 radical (unpaired) electrons. The molecule has 1 atom stereocenters. The van der Waals surface area contributed by atoms with E-state index >= 15 is 0 Å². The van der Waals surface area contributed by atoms with Crippen LogP contribution in [-0.2, 0) is 4.79 Å². The van der Waals surface area contributed by atoms with E-state index in [1.807, 2.05) is 18.7 Å². The predicted octanol–water partition coefficient (Wildman–Crippen LogP) is 3.35. The number of nitro benzene ring substituents is 2. The maximum atomic E-state index is 12.9. The average molecular weight is 497 g/mol. The van der Waals surface area contributed by atoms with E-state index < -0.39 is 15.8 Å². The van der Waals surface area contributed by atoms with Crippen LogP contribution in [0.4, 0.5) is 17.1 Å². The fourth-order valence-corrected chi connectivity index (χ4v) is 4.20. The van der Waals surface area contributed by atoms with Gasteiger partial charge < -0.3 is 9.80 Å². The summed E-state index contributed by atoms with van der Waals surface area (Å²) < 4.78 is 0. The first-order valence-electron chi connectivity index (χ1n) is 11.6. The van der Waals surface area contributed by atoms with Crippen LogP contribution in [-0.4, -0.2) is 59.0 Å². The van der Waals surface area contributed by atoms with Crippen molar-refractivity contribution in [3.05, 3.63) is 73.8 Å². The van der Waals surface area contributed by atoms with Gasteiger partial charge in [0, 0.05) is 67.3 Å². The number of carbonyl (C=O) groups excluding carboxylic acids is 2. The number of anilines is 1. The number of amides is 2. The Morgan fingerprint density at radius 2 is 1.72 bits per heavy atom. The van der Waals surface area contributed by atoms with Gasteiger partial charge in [-0.2, -0.15) is 5.10 Å². The van der Waals surface area contributed by atoms with Crippen molar-refractivity contribution >= 4 is 35.1 Å². The van der Waals surface area contributed by atoms with Crippen LogP contribution in [0.5, 0.6) is 0 Å². The highest BCUT2D eigenvalue weighted by Crippen LogP contribution is 2.29. The second kappa shape index (κ2) is 11.9. The zero-order valence-electron chi connectivity index (χ0n) is 20.1. The van der Waals surface area contributed by atoms with E-state index in [1.165, 1.54) is 42.6 Å². The van der Waals surface area contributed by atoms with Gasteiger partial charge >= 0.3 is 0 Å². The number of nitrogens with zero attached hydrogens (tertiary/aromatic N) is 5. The summed E-state index contributed by atoms with van der Waals surface area (Å²) in [6.07, 6.45) is 2.89. The van der Waals surface area contributed by atoms with Gasteiger partial charge in [-0.05, 0) is 44.9 Å². The van der Waals surface area contributed by atoms with Gasteiger partial charge in [-0.1, -0.05) is 0 Å². The van der Waals surface area contributed by atoms with E-state index in [1.54, 1.807) is 11.0 Å². The summed E-state index contributed by atoms with van der Waals surface area (Å²) in [6.45, 7) is 6.31. The SMILES string of the molecule is CCN(CC)C(=O)[C@@H]1CCCN(c2ccc([N+](=O)[O-])cc2C=NNC(=O)c2ccc([N+](=O)[O-])cc2)C1. The molecule has 190 valence electrons. The Morgan fingerprint density at radius 1 is 1.08 bits per heavy atom. The summed E-state index contributed by atoms with van der Waals surface area (Å²) in [4.78, 5) is 50.1. The van der Waals surface area contributed by atoms with Gasteiger partial charge in [0.25, 0.3) is 17.3 Å². The number of piperidine rings is 1. The third-order valence-corrected chi connectivity index (χ3v) is 6.12. The van der Waals surface area contributed by atoms with Crippen molar-refractivity contribution in [1.82, 2.24) is 10.3 Å². The summed E-state index contributed by atoms with van der Waals surface area (Å²) in [5.41, 5.74) is 3.34. The molecule has 3 rings (SSSR count). The lowest BCUT2D eigenvalue weighted by atomic mass is 9.95. The smallest absolute Gasteiger partial charge is 0.271 e. The predicted molar refractivity (Wildman–Crippen MR) is 134 cm³/mol. The number of carbonyl (C=O) groups is 2. The first-order valence-corrected chi connectivity index (χ1v) is 11.6. The van der Waals surface area contributed by atoms with Crippen LogP contribution in [0.15, 0.2) is 47.6 Å². The van der Waals surface area contributed by atoms with Crippen molar-refractivity contribution in [2.75, 3.05) is 31.1 Å². The molecule has 0 spiro atoms. The van der Waals surface area contributed by atoms with Crippen LogP contribution in [0, 0.1) is 26.1 Å². The van der Waals surface area contributed by atoms with Crippen molar-refractivity contribution in [3.8, 4) is 0 Å². The van der Waals surface area contributed by atoms with Crippen molar-refractivity contribution in [3.63, 3.8) is 0 Å².